The van der Waals surface area contributed by atoms with Gasteiger partial charge in [0.15, 0.2) is 5.69 Å². The molecule has 0 spiro atoms. The van der Waals surface area contributed by atoms with Gasteiger partial charge in [0, 0.05) is 9.75 Å². The molecule has 0 radical (unpaired) electrons. The van der Waals surface area contributed by atoms with Crippen LogP contribution in [0.3, 0.4) is 0 Å². The van der Waals surface area contributed by atoms with Crippen LogP contribution in [-0.4, -0.2) is 40.1 Å². The summed E-state index contributed by atoms with van der Waals surface area (Å²) in [7, 11) is 1.30. The van der Waals surface area contributed by atoms with E-state index in [-0.39, 0.29) is 23.8 Å². The van der Waals surface area contributed by atoms with E-state index in [1.807, 2.05) is 19.9 Å². The maximum atomic E-state index is 12.5. The van der Waals surface area contributed by atoms with E-state index < -0.39 is 5.97 Å². The summed E-state index contributed by atoms with van der Waals surface area (Å²) in [6.45, 7) is 3.90. The van der Waals surface area contributed by atoms with E-state index in [1.54, 1.807) is 22.2 Å². The molecular weight excluding hydrogens is 342 g/mol. The molecule has 25 heavy (non-hydrogen) atoms. The average Bonchev–Trinajstić information content (AvgIpc) is 3.21. The van der Waals surface area contributed by atoms with Gasteiger partial charge in [-0.15, -0.1) is 16.4 Å². The molecule has 1 aliphatic carbocycles. The summed E-state index contributed by atoms with van der Waals surface area (Å²) in [5, 5.41) is 7.89. The molecule has 0 saturated heterocycles. The van der Waals surface area contributed by atoms with E-state index in [2.05, 4.69) is 15.0 Å². The van der Waals surface area contributed by atoms with Crippen molar-refractivity contribution in [2.24, 2.45) is 0 Å². The lowest BCUT2D eigenvalue weighted by atomic mass is 9.92. The Hall–Kier alpha value is -2.22. The number of nitrogens with zero attached hydrogens (tertiary/aromatic N) is 3. The Kier molecular flexibility index (Phi) is 5.17. The fourth-order valence-corrected chi connectivity index (χ4v) is 4.10. The van der Waals surface area contributed by atoms with Gasteiger partial charge < -0.3 is 9.47 Å². The fourth-order valence-electron chi connectivity index (χ4n) is 3.19. The summed E-state index contributed by atoms with van der Waals surface area (Å²) >= 11 is 1.59. The van der Waals surface area contributed by atoms with Crippen LogP contribution in [0.4, 0.5) is 0 Å². The molecule has 134 valence electrons. The van der Waals surface area contributed by atoms with Gasteiger partial charge in [-0.2, -0.15) is 0 Å². The van der Waals surface area contributed by atoms with E-state index in [0.29, 0.717) is 5.56 Å². The lowest BCUT2D eigenvalue weighted by molar-refractivity contribution is 0.00172. The number of aryl methyl sites for hydroxylation is 2. The van der Waals surface area contributed by atoms with E-state index >= 15 is 0 Å². The average molecular weight is 363 g/mol. The van der Waals surface area contributed by atoms with Gasteiger partial charge in [-0.25, -0.2) is 14.3 Å². The molecule has 2 atom stereocenters. The predicted molar refractivity (Wildman–Crippen MR) is 91.9 cm³/mol. The topological polar surface area (TPSA) is 83.3 Å². The summed E-state index contributed by atoms with van der Waals surface area (Å²) < 4.78 is 12.1. The Morgan fingerprint density at radius 1 is 1.24 bits per heavy atom. The molecule has 0 bridgehead atoms. The third kappa shape index (κ3) is 3.73. The van der Waals surface area contributed by atoms with Crippen LogP contribution >= 0.6 is 11.3 Å². The van der Waals surface area contributed by atoms with Gasteiger partial charge in [0.05, 0.1) is 24.9 Å². The second-order valence-corrected chi connectivity index (χ2v) is 7.66. The highest BCUT2D eigenvalue weighted by atomic mass is 32.1. The summed E-state index contributed by atoms with van der Waals surface area (Å²) in [5.74, 6) is -0.827. The van der Waals surface area contributed by atoms with Gasteiger partial charge in [-0.3, -0.25) is 0 Å². The molecule has 0 aromatic carbocycles. The normalized spacial score (nSPS) is 20.3. The van der Waals surface area contributed by atoms with Gasteiger partial charge in [0.25, 0.3) is 0 Å². The number of methoxy groups -OCH3 is 1. The van der Waals surface area contributed by atoms with E-state index in [4.69, 9.17) is 4.74 Å². The molecule has 8 heteroatoms. The SMILES string of the molecule is COC(=O)c1cn([C@H]2CCCC[C@@H]2OC(=O)c2cc(C)sc2C)nn1. The third-order valence-corrected chi connectivity index (χ3v) is 5.40. The first-order chi connectivity index (χ1) is 12.0. The van der Waals surface area contributed by atoms with E-state index in [0.717, 1.165) is 35.4 Å². The number of hydrogen-bond acceptors (Lipinski definition) is 7. The molecule has 2 aromatic heterocycles. The Morgan fingerprint density at radius 3 is 2.68 bits per heavy atom. The number of aromatic nitrogens is 3. The molecule has 0 amide bonds. The molecule has 7 nitrogen and oxygen atoms in total. The third-order valence-electron chi connectivity index (χ3n) is 4.43. The van der Waals surface area contributed by atoms with Gasteiger partial charge in [0.1, 0.15) is 6.10 Å². The Morgan fingerprint density at radius 2 is 2.00 bits per heavy atom. The van der Waals surface area contributed by atoms with Crippen LogP contribution in [0.2, 0.25) is 0 Å². The summed E-state index contributed by atoms with van der Waals surface area (Å²) in [6.07, 6.45) is 4.88. The number of carbonyl (C=O) groups excluding carboxylic acids is 2. The molecule has 0 N–H and O–H groups in total. The van der Waals surface area contributed by atoms with Crippen LogP contribution in [0.5, 0.6) is 0 Å². The van der Waals surface area contributed by atoms with E-state index in [1.165, 1.54) is 7.11 Å². The van der Waals surface area contributed by atoms with Crippen LogP contribution in [0, 0.1) is 13.8 Å². The highest BCUT2D eigenvalue weighted by Crippen LogP contribution is 2.32. The van der Waals surface area contributed by atoms with Gasteiger partial charge in [-0.05, 0) is 39.2 Å². The van der Waals surface area contributed by atoms with Crippen LogP contribution < -0.4 is 0 Å². The monoisotopic (exact) mass is 363 g/mol. The second-order valence-electron chi connectivity index (χ2n) is 6.20. The maximum Gasteiger partial charge on any atom is 0.360 e. The quantitative estimate of drug-likeness (QED) is 0.776. The van der Waals surface area contributed by atoms with Crippen molar-refractivity contribution in [3.63, 3.8) is 0 Å². The summed E-state index contributed by atoms with van der Waals surface area (Å²) in [5.41, 5.74) is 0.781. The first-order valence-electron chi connectivity index (χ1n) is 8.27. The van der Waals surface area contributed by atoms with Crippen molar-refractivity contribution < 1.29 is 19.1 Å². The van der Waals surface area contributed by atoms with Crippen molar-refractivity contribution in [1.82, 2.24) is 15.0 Å². The minimum atomic E-state index is -0.528. The highest BCUT2D eigenvalue weighted by molar-refractivity contribution is 7.12. The van der Waals surface area contributed by atoms with Crippen molar-refractivity contribution in [2.75, 3.05) is 7.11 Å². The minimum Gasteiger partial charge on any atom is -0.464 e. The van der Waals surface area contributed by atoms with Crippen LogP contribution in [0.15, 0.2) is 12.3 Å². The minimum absolute atomic E-state index is 0.122. The zero-order chi connectivity index (χ0) is 18.0. The largest absolute Gasteiger partial charge is 0.464 e. The molecule has 1 saturated carbocycles. The van der Waals surface area contributed by atoms with Gasteiger partial charge in [-0.1, -0.05) is 11.6 Å². The van der Waals surface area contributed by atoms with Crippen LogP contribution in [-0.2, 0) is 9.47 Å². The maximum absolute atomic E-state index is 12.5. The molecule has 2 aromatic rings. The van der Waals surface area contributed by atoms with Crippen LogP contribution in [0.1, 0.15) is 62.3 Å². The van der Waals surface area contributed by atoms with E-state index in [9.17, 15) is 9.59 Å². The highest BCUT2D eigenvalue weighted by Gasteiger charge is 2.32. The number of rotatable bonds is 4. The van der Waals surface area contributed by atoms with Crippen molar-refractivity contribution in [2.45, 2.75) is 51.7 Å². The lowest BCUT2D eigenvalue weighted by Gasteiger charge is -2.30. The number of hydrogen-bond donors (Lipinski definition) is 0. The molecule has 3 rings (SSSR count). The summed E-state index contributed by atoms with van der Waals surface area (Å²) in [4.78, 5) is 26.2. The van der Waals surface area contributed by atoms with Crippen molar-refractivity contribution in [3.05, 3.63) is 33.3 Å². The molecule has 1 fully saturated rings. The first-order valence-corrected chi connectivity index (χ1v) is 9.09. The zero-order valence-electron chi connectivity index (χ0n) is 14.5. The fraction of sp³-hybridized carbons (Fsp3) is 0.529. The predicted octanol–water partition coefficient (Wildman–Crippen LogP) is 3.08. The zero-order valence-corrected chi connectivity index (χ0v) is 15.3. The lowest BCUT2D eigenvalue weighted by Crippen LogP contribution is -2.32. The molecule has 0 aliphatic heterocycles. The van der Waals surface area contributed by atoms with Crippen molar-refractivity contribution in [3.8, 4) is 0 Å². The molecule has 1 aliphatic rings. The number of thiophene rings is 1. The second kappa shape index (κ2) is 7.35. The summed E-state index contributed by atoms with van der Waals surface area (Å²) in [6, 6.07) is 1.74. The Balaban J connectivity index is 1.77. The molecular formula is C17H21N3O4S. The molecule has 2 heterocycles. The first kappa shape index (κ1) is 17.6. The number of ether oxygens (including phenoxy) is 2. The Bertz CT molecular complexity index is 783. The number of esters is 2. The Labute approximate surface area is 149 Å². The van der Waals surface area contributed by atoms with Gasteiger partial charge in [0.2, 0.25) is 0 Å². The van der Waals surface area contributed by atoms with Gasteiger partial charge >= 0.3 is 11.9 Å². The molecule has 0 unspecified atom stereocenters. The van der Waals surface area contributed by atoms with Crippen molar-refractivity contribution >= 4 is 23.3 Å². The smallest absolute Gasteiger partial charge is 0.360 e. The number of carbonyl (C=O) groups is 2. The van der Waals surface area contributed by atoms with Crippen LogP contribution in [0.25, 0.3) is 0 Å². The standard InChI is InChI=1S/C17H21N3O4S/c1-10-8-12(11(2)25-10)16(21)24-15-7-5-4-6-14(15)20-9-13(18-19-20)17(22)23-3/h8-9,14-15H,4-7H2,1-3H3/t14-,15-/m0/s1. The van der Waals surface area contributed by atoms with Crippen molar-refractivity contribution in [1.29, 1.82) is 0 Å².